The number of aromatic nitrogens is 2. The Morgan fingerprint density at radius 3 is 2.86 bits per heavy atom. The molecule has 0 spiro atoms. The molecule has 0 aliphatic carbocycles. The molecule has 21 heavy (non-hydrogen) atoms. The van der Waals surface area contributed by atoms with Gasteiger partial charge in [0.1, 0.15) is 5.82 Å². The van der Waals surface area contributed by atoms with Crippen molar-refractivity contribution in [2.45, 2.75) is 52.5 Å². The van der Waals surface area contributed by atoms with Crippen LogP contribution < -0.4 is 5.32 Å². The minimum Gasteiger partial charge on any atom is -0.370 e. The molecule has 2 aromatic rings. The van der Waals surface area contributed by atoms with E-state index in [-0.39, 0.29) is 0 Å². The van der Waals surface area contributed by atoms with Gasteiger partial charge < -0.3 is 5.32 Å². The smallest absolute Gasteiger partial charge is 0.125 e. The Morgan fingerprint density at radius 1 is 1.24 bits per heavy atom. The fourth-order valence-corrected chi connectivity index (χ4v) is 3.03. The van der Waals surface area contributed by atoms with Gasteiger partial charge in [-0.2, -0.15) is 5.10 Å². The van der Waals surface area contributed by atoms with Gasteiger partial charge in [-0.05, 0) is 49.8 Å². The largest absolute Gasteiger partial charge is 0.370 e. The summed E-state index contributed by atoms with van der Waals surface area (Å²) in [5.74, 6) is 1.18. The first-order valence-corrected chi connectivity index (χ1v) is 8.08. The van der Waals surface area contributed by atoms with Gasteiger partial charge in [0.2, 0.25) is 0 Å². The minimum absolute atomic E-state index is 0.371. The summed E-state index contributed by atoms with van der Waals surface area (Å²) in [6.45, 7) is 7.61. The normalized spacial score (nSPS) is 17.4. The van der Waals surface area contributed by atoms with Crippen molar-refractivity contribution in [3.63, 3.8) is 0 Å². The van der Waals surface area contributed by atoms with Crippen molar-refractivity contribution in [2.24, 2.45) is 0 Å². The first-order chi connectivity index (χ1) is 10.2. The molecule has 1 aromatic carbocycles. The molecule has 1 aromatic heterocycles. The Morgan fingerprint density at radius 2 is 2.10 bits per heavy atom. The van der Waals surface area contributed by atoms with E-state index in [2.05, 4.69) is 55.0 Å². The Balaban J connectivity index is 1.92. The lowest BCUT2D eigenvalue weighted by molar-refractivity contribution is 0.477. The monoisotopic (exact) mass is 283 g/mol. The van der Waals surface area contributed by atoms with E-state index in [0.717, 1.165) is 19.4 Å². The Bertz CT molecular complexity index is 627. The molecule has 1 aliphatic rings. The van der Waals surface area contributed by atoms with Crippen LogP contribution >= 0.6 is 0 Å². The lowest BCUT2D eigenvalue weighted by Gasteiger charge is -2.26. The summed E-state index contributed by atoms with van der Waals surface area (Å²) in [7, 11) is 0. The molecule has 0 bridgehead atoms. The maximum atomic E-state index is 4.85. The van der Waals surface area contributed by atoms with Gasteiger partial charge in [-0.25, -0.2) is 4.68 Å². The third-order valence-electron chi connectivity index (χ3n) is 4.51. The average molecular weight is 283 g/mol. The van der Waals surface area contributed by atoms with Gasteiger partial charge >= 0.3 is 0 Å². The molecule has 0 saturated carbocycles. The zero-order valence-electron chi connectivity index (χ0n) is 13.3. The molecule has 1 N–H and O–H groups in total. The quantitative estimate of drug-likeness (QED) is 0.909. The summed E-state index contributed by atoms with van der Waals surface area (Å²) >= 11 is 0. The standard InChI is InChI=1S/C18H25N3/c1-4-5-6-16-12-18-19-10-9-17(21(18)20-16)15-8-7-13(2)14(3)11-15/h7-8,11-12,17,19H,4-6,9-10H2,1-3H3. The highest BCUT2D eigenvalue weighted by atomic mass is 15.4. The van der Waals surface area contributed by atoms with Gasteiger partial charge in [0, 0.05) is 12.6 Å². The van der Waals surface area contributed by atoms with Crippen LogP contribution in [0.4, 0.5) is 5.82 Å². The lowest BCUT2D eigenvalue weighted by atomic mass is 9.98. The number of benzene rings is 1. The number of anilines is 1. The Kier molecular flexibility index (Phi) is 4.00. The van der Waals surface area contributed by atoms with E-state index in [1.54, 1.807) is 0 Å². The van der Waals surface area contributed by atoms with Crippen LogP contribution in [0.2, 0.25) is 0 Å². The van der Waals surface area contributed by atoms with Crippen LogP contribution in [0, 0.1) is 13.8 Å². The molecule has 1 unspecified atom stereocenters. The maximum absolute atomic E-state index is 4.85. The Hall–Kier alpha value is -1.77. The second kappa shape index (κ2) is 5.92. The van der Waals surface area contributed by atoms with Gasteiger partial charge in [-0.3, -0.25) is 0 Å². The molecule has 1 aliphatic heterocycles. The van der Waals surface area contributed by atoms with E-state index in [1.807, 2.05) is 0 Å². The van der Waals surface area contributed by atoms with E-state index >= 15 is 0 Å². The summed E-state index contributed by atoms with van der Waals surface area (Å²) in [5.41, 5.74) is 5.32. The number of unbranched alkanes of at least 4 members (excludes halogenated alkanes) is 1. The molecule has 112 valence electrons. The van der Waals surface area contributed by atoms with E-state index < -0.39 is 0 Å². The molecule has 3 nitrogen and oxygen atoms in total. The SMILES string of the molecule is CCCCc1cc2n(n1)C(c1ccc(C)c(C)c1)CCN2. The lowest BCUT2D eigenvalue weighted by Crippen LogP contribution is -2.24. The second-order valence-electron chi connectivity index (χ2n) is 6.14. The second-order valence-corrected chi connectivity index (χ2v) is 6.14. The zero-order chi connectivity index (χ0) is 14.8. The molecule has 0 saturated heterocycles. The van der Waals surface area contributed by atoms with E-state index in [1.165, 1.54) is 41.0 Å². The summed E-state index contributed by atoms with van der Waals surface area (Å²) in [6, 6.07) is 9.41. The van der Waals surface area contributed by atoms with Crippen molar-refractivity contribution >= 4 is 5.82 Å². The van der Waals surface area contributed by atoms with Crippen LogP contribution in [0.5, 0.6) is 0 Å². The molecule has 2 heterocycles. The maximum Gasteiger partial charge on any atom is 0.125 e. The van der Waals surface area contributed by atoms with Gasteiger partial charge in [0.15, 0.2) is 0 Å². The fraction of sp³-hybridized carbons (Fsp3) is 0.500. The highest BCUT2D eigenvalue weighted by Crippen LogP contribution is 2.31. The number of aryl methyl sites for hydroxylation is 3. The first kappa shape index (κ1) is 14.2. The van der Waals surface area contributed by atoms with Crippen LogP contribution in [-0.2, 0) is 6.42 Å². The number of nitrogens with one attached hydrogen (secondary N) is 1. The minimum atomic E-state index is 0.371. The van der Waals surface area contributed by atoms with Gasteiger partial charge in [-0.1, -0.05) is 31.5 Å². The van der Waals surface area contributed by atoms with Crippen molar-refractivity contribution in [1.29, 1.82) is 0 Å². The molecule has 0 radical (unpaired) electrons. The average Bonchev–Trinajstić information content (AvgIpc) is 2.90. The molecule has 3 rings (SSSR count). The molecular weight excluding hydrogens is 258 g/mol. The Labute approximate surface area is 127 Å². The van der Waals surface area contributed by atoms with Crippen molar-refractivity contribution in [2.75, 3.05) is 11.9 Å². The molecular formula is C18H25N3. The number of fused-ring (bicyclic) bond motifs is 1. The van der Waals surface area contributed by atoms with Crippen molar-refractivity contribution < 1.29 is 0 Å². The number of hydrogen-bond donors (Lipinski definition) is 1. The number of hydrogen-bond acceptors (Lipinski definition) is 2. The first-order valence-electron chi connectivity index (χ1n) is 8.08. The van der Waals surface area contributed by atoms with Crippen LogP contribution in [0.3, 0.4) is 0 Å². The van der Waals surface area contributed by atoms with Crippen molar-refractivity contribution in [3.8, 4) is 0 Å². The number of rotatable bonds is 4. The third-order valence-corrected chi connectivity index (χ3v) is 4.51. The van der Waals surface area contributed by atoms with Crippen LogP contribution in [0.15, 0.2) is 24.3 Å². The van der Waals surface area contributed by atoms with Gasteiger partial charge in [0.05, 0.1) is 11.7 Å². The highest BCUT2D eigenvalue weighted by molar-refractivity contribution is 5.42. The van der Waals surface area contributed by atoms with Crippen LogP contribution in [0.1, 0.15) is 54.6 Å². The van der Waals surface area contributed by atoms with E-state index in [4.69, 9.17) is 5.10 Å². The van der Waals surface area contributed by atoms with E-state index in [0.29, 0.717) is 6.04 Å². The summed E-state index contributed by atoms with van der Waals surface area (Å²) in [4.78, 5) is 0. The van der Waals surface area contributed by atoms with Gasteiger partial charge in [0.25, 0.3) is 0 Å². The van der Waals surface area contributed by atoms with E-state index in [9.17, 15) is 0 Å². The van der Waals surface area contributed by atoms with Crippen molar-refractivity contribution in [1.82, 2.24) is 9.78 Å². The predicted octanol–water partition coefficient (Wildman–Crippen LogP) is 4.25. The third kappa shape index (κ3) is 2.82. The topological polar surface area (TPSA) is 29.9 Å². The predicted molar refractivity (Wildman–Crippen MR) is 88.0 cm³/mol. The van der Waals surface area contributed by atoms with Gasteiger partial charge in [-0.15, -0.1) is 0 Å². The molecule has 0 amide bonds. The number of nitrogens with zero attached hydrogens (tertiary/aromatic N) is 2. The summed E-state index contributed by atoms with van der Waals surface area (Å²) < 4.78 is 2.19. The summed E-state index contributed by atoms with van der Waals surface area (Å²) in [6.07, 6.45) is 4.61. The summed E-state index contributed by atoms with van der Waals surface area (Å²) in [5, 5.41) is 8.34. The fourth-order valence-electron chi connectivity index (χ4n) is 3.03. The molecule has 0 fully saturated rings. The van der Waals surface area contributed by atoms with Crippen LogP contribution in [-0.4, -0.2) is 16.3 Å². The molecule has 1 atom stereocenters. The zero-order valence-corrected chi connectivity index (χ0v) is 13.3. The molecule has 3 heteroatoms. The van der Waals surface area contributed by atoms with Crippen molar-refractivity contribution in [3.05, 3.63) is 46.6 Å². The highest BCUT2D eigenvalue weighted by Gasteiger charge is 2.23. The van der Waals surface area contributed by atoms with Crippen LogP contribution in [0.25, 0.3) is 0 Å².